The molecular formula is C11H14N2. The van der Waals surface area contributed by atoms with Gasteiger partial charge in [-0.05, 0) is 37.0 Å². The summed E-state index contributed by atoms with van der Waals surface area (Å²) in [6, 6.07) is 7.13. The second kappa shape index (κ2) is 2.41. The standard InChI is InChI=1S/C11H14N2/c12-9-2-1-8-5-6-13(10-3-4-10)11(8)7-9/h1-2,7,10H,3-6,12H2. The van der Waals surface area contributed by atoms with E-state index in [9.17, 15) is 0 Å². The van der Waals surface area contributed by atoms with Crippen LogP contribution < -0.4 is 10.6 Å². The van der Waals surface area contributed by atoms with E-state index < -0.39 is 0 Å². The van der Waals surface area contributed by atoms with Gasteiger partial charge in [0.15, 0.2) is 0 Å². The van der Waals surface area contributed by atoms with Crippen molar-refractivity contribution < 1.29 is 0 Å². The number of rotatable bonds is 1. The van der Waals surface area contributed by atoms with Crippen molar-refractivity contribution in [2.75, 3.05) is 17.2 Å². The van der Waals surface area contributed by atoms with Gasteiger partial charge < -0.3 is 10.6 Å². The van der Waals surface area contributed by atoms with Crippen LogP contribution in [0.2, 0.25) is 0 Å². The SMILES string of the molecule is Nc1ccc2c(c1)N(C1CC1)CC2. The first kappa shape index (κ1) is 7.25. The van der Waals surface area contributed by atoms with E-state index in [0.29, 0.717) is 0 Å². The van der Waals surface area contributed by atoms with E-state index in [4.69, 9.17) is 5.73 Å². The zero-order valence-corrected chi connectivity index (χ0v) is 7.66. The molecule has 2 nitrogen and oxygen atoms in total. The van der Waals surface area contributed by atoms with Crippen LogP contribution in [0.15, 0.2) is 18.2 Å². The van der Waals surface area contributed by atoms with Crippen LogP contribution >= 0.6 is 0 Å². The Balaban J connectivity index is 2.03. The predicted octanol–water partition coefficient (Wildman–Crippen LogP) is 1.79. The fourth-order valence-corrected chi connectivity index (χ4v) is 2.19. The second-order valence-electron chi connectivity index (χ2n) is 4.06. The number of benzene rings is 1. The fraction of sp³-hybridized carbons (Fsp3) is 0.455. The van der Waals surface area contributed by atoms with Crippen molar-refractivity contribution in [1.29, 1.82) is 0 Å². The Morgan fingerprint density at radius 1 is 1.31 bits per heavy atom. The van der Waals surface area contributed by atoms with Gasteiger partial charge in [-0.2, -0.15) is 0 Å². The smallest absolute Gasteiger partial charge is 0.0422 e. The fourth-order valence-electron chi connectivity index (χ4n) is 2.19. The summed E-state index contributed by atoms with van der Waals surface area (Å²) in [7, 11) is 0. The van der Waals surface area contributed by atoms with Gasteiger partial charge in [-0.3, -0.25) is 0 Å². The highest BCUT2D eigenvalue weighted by Gasteiger charge is 2.33. The van der Waals surface area contributed by atoms with E-state index in [0.717, 1.165) is 11.7 Å². The molecule has 1 aromatic rings. The van der Waals surface area contributed by atoms with Gasteiger partial charge in [0.2, 0.25) is 0 Å². The molecule has 0 atom stereocenters. The third-order valence-corrected chi connectivity index (χ3v) is 3.03. The third kappa shape index (κ3) is 1.09. The molecule has 1 saturated carbocycles. The minimum absolute atomic E-state index is 0.822. The summed E-state index contributed by atoms with van der Waals surface area (Å²) in [5, 5.41) is 0. The molecule has 1 aliphatic heterocycles. The van der Waals surface area contributed by atoms with Crippen molar-refractivity contribution in [2.24, 2.45) is 0 Å². The van der Waals surface area contributed by atoms with Crippen LogP contribution in [-0.2, 0) is 6.42 Å². The van der Waals surface area contributed by atoms with E-state index >= 15 is 0 Å². The number of hydrogen-bond acceptors (Lipinski definition) is 2. The Morgan fingerprint density at radius 2 is 2.15 bits per heavy atom. The molecule has 1 heterocycles. The van der Waals surface area contributed by atoms with Crippen LogP contribution in [0.25, 0.3) is 0 Å². The molecule has 2 heteroatoms. The lowest BCUT2D eigenvalue weighted by Gasteiger charge is -2.18. The molecule has 0 bridgehead atoms. The lowest BCUT2D eigenvalue weighted by Crippen LogP contribution is -2.22. The first-order valence-electron chi connectivity index (χ1n) is 4.99. The molecule has 2 aliphatic rings. The summed E-state index contributed by atoms with van der Waals surface area (Å²) < 4.78 is 0. The van der Waals surface area contributed by atoms with Gasteiger partial charge in [-0.25, -0.2) is 0 Å². The summed E-state index contributed by atoms with van der Waals surface area (Å²) >= 11 is 0. The Labute approximate surface area is 78.3 Å². The van der Waals surface area contributed by atoms with Crippen LogP contribution in [0, 0.1) is 0 Å². The van der Waals surface area contributed by atoms with Crippen LogP contribution in [0.5, 0.6) is 0 Å². The summed E-state index contributed by atoms with van der Waals surface area (Å²) in [4.78, 5) is 2.52. The largest absolute Gasteiger partial charge is 0.399 e. The van der Waals surface area contributed by atoms with Crippen LogP contribution in [0.4, 0.5) is 11.4 Å². The third-order valence-electron chi connectivity index (χ3n) is 3.03. The second-order valence-corrected chi connectivity index (χ2v) is 4.06. The van der Waals surface area contributed by atoms with Crippen LogP contribution in [0.1, 0.15) is 18.4 Å². The first-order valence-corrected chi connectivity index (χ1v) is 4.99. The van der Waals surface area contributed by atoms with Crippen molar-refractivity contribution in [3.05, 3.63) is 23.8 Å². The van der Waals surface area contributed by atoms with Crippen molar-refractivity contribution >= 4 is 11.4 Å². The highest BCUT2D eigenvalue weighted by molar-refractivity contribution is 5.65. The van der Waals surface area contributed by atoms with E-state index in [2.05, 4.69) is 17.0 Å². The number of hydrogen-bond donors (Lipinski definition) is 1. The predicted molar refractivity (Wildman–Crippen MR) is 54.9 cm³/mol. The summed E-state index contributed by atoms with van der Waals surface area (Å²) in [6.45, 7) is 1.20. The maximum atomic E-state index is 5.79. The number of nitrogens with zero attached hydrogens (tertiary/aromatic N) is 1. The molecule has 0 unspecified atom stereocenters. The molecule has 0 saturated heterocycles. The number of anilines is 2. The Kier molecular flexibility index (Phi) is 1.34. The number of fused-ring (bicyclic) bond motifs is 1. The molecular weight excluding hydrogens is 160 g/mol. The minimum atomic E-state index is 0.822. The summed E-state index contributed by atoms with van der Waals surface area (Å²) in [5.41, 5.74) is 9.55. The van der Waals surface area contributed by atoms with E-state index in [1.807, 2.05) is 6.07 Å². The summed E-state index contributed by atoms with van der Waals surface area (Å²) in [6.07, 6.45) is 3.94. The zero-order chi connectivity index (χ0) is 8.84. The van der Waals surface area contributed by atoms with Gasteiger partial charge >= 0.3 is 0 Å². The molecule has 2 N–H and O–H groups in total. The average molecular weight is 174 g/mol. The van der Waals surface area contributed by atoms with Crippen molar-refractivity contribution in [1.82, 2.24) is 0 Å². The van der Waals surface area contributed by atoms with Gasteiger partial charge in [0.05, 0.1) is 0 Å². The highest BCUT2D eigenvalue weighted by Crippen LogP contribution is 2.38. The molecule has 1 fully saturated rings. The molecule has 3 rings (SSSR count). The molecule has 0 aromatic heterocycles. The monoisotopic (exact) mass is 174 g/mol. The van der Waals surface area contributed by atoms with Gasteiger partial charge in [0.25, 0.3) is 0 Å². The van der Waals surface area contributed by atoms with Gasteiger partial charge in [-0.1, -0.05) is 6.07 Å². The Bertz CT molecular complexity index is 342. The van der Waals surface area contributed by atoms with Gasteiger partial charge in [0.1, 0.15) is 0 Å². The highest BCUT2D eigenvalue weighted by atomic mass is 15.2. The minimum Gasteiger partial charge on any atom is -0.399 e. The summed E-state index contributed by atoms with van der Waals surface area (Å²) in [5.74, 6) is 0. The maximum absolute atomic E-state index is 5.79. The first-order chi connectivity index (χ1) is 6.34. The van der Waals surface area contributed by atoms with Crippen molar-refractivity contribution in [2.45, 2.75) is 25.3 Å². The molecule has 13 heavy (non-hydrogen) atoms. The molecule has 0 amide bonds. The van der Waals surface area contributed by atoms with E-state index in [1.54, 1.807) is 0 Å². The van der Waals surface area contributed by atoms with E-state index in [1.165, 1.54) is 37.1 Å². The van der Waals surface area contributed by atoms with Crippen molar-refractivity contribution in [3.8, 4) is 0 Å². The number of nitrogen functional groups attached to an aromatic ring is 1. The van der Waals surface area contributed by atoms with Crippen LogP contribution in [-0.4, -0.2) is 12.6 Å². The number of nitrogens with two attached hydrogens (primary N) is 1. The Morgan fingerprint density at radius 3 is 2.92 bits per heavy atom. The maximum Gasteiger partial charge on any atom is 0.0422 e. The molecule has 0 radical (unpaired) electrons. The zero-order valence-electron chi connectivity index (χ0n) is 7.66. The lowest BCUT2D eigenvalue weighted by molar-refractivity contribution is 0.831. The van der Waals surface area contributed by atoms with Gasteiger partial charge in [0, 0.05) is 24.0 Å². The van der Waals surface area contributed by atoms with Crippen LogP contribution in [0.3, 0.4) is 0 Å². The van der Waals surface area contributed by atoms with Gasteiger partial charge in [-0.15, -0.1) is 0 Å². The van der Waals surface area contributed by atoms with E-state index in [-0.39, 0.29) is 0 Å². The topological polar surface area (TPSA) is 29.3 Å². The molecule has 0 spiro atoms. The average Bonchev–Trinajstić information content (AvgIpc) is 2.87. The quantitative estimate of drug-likeness (QED) is 0.658. The Hall–Kier alpha value is -1.18. The molecule has 1 aliphatic carbocycles. The van der Waals surface area contributed by atoms with Crippen molar-refractivity contribution in [3.63, 3.8) is 0 Å². The lowest BCUT2D eigenvalue weighted by atomic mass is 10.1. The molecule has 1 aromatic carbocycles. The molecule has 68 valence electrons. The normalized spacial score (nSPS) is 20.5.